The molecule has 0 heterocycles. The lowest BCUT2D eigenvalue weighted by atomic mass is 9.89. The summed E-state index contributed by atoms with van der Waals surface area (Å²) in [6, 6.07) is 0. The average molecular weight is 169 g/mol. The molecule has 0 aromatic rings. The first kappa shape index (κ1) is 9.72. The largest absolute Gasteiger partial charge is 0.325 e. The molecule has 0 atom stereocenters. The molecule has 0 aromatic carbocycles. The standard InChI is InChI=1S/C10H19NO/c1-8(2)9(12)7-10(11)5-3-4-6-10/h8H,3-7,11H2,1-2H3. The summed E-state index contributed by atoms with van der Waals surface area (Å²) in [7, 11) is 0. The highest BCUT2D eigenvalue weighted by Gasteiger charge is 2.31. The number of carbonyl (C=O) groups is 1. The maximum absolute atomic E-state index is 11.4. The third-order valence-corrected chi connectivity index (χ3v) is 2.77. The van der Waals surface area contributed by atoms with Gasteiger partial charge in [-0.25, -0.2) is 0 Å². The van der Waals surface area contributed by atoms with Crippen LogP contribution < -0.4 is 5.73 Å². The van der Waals surface area contributed by atoms with E-state index in [9.17, 15) is 4.79 Å². The topological polar surface area (TPSA) is 43.1 Å². The Morgan fingerprint density at radius 1 is 1.42 bits per heavy atom. The van der Waals surface area contributed by atoms with Crippen LogP contribution in [0.15, 0.2) is 0 Å². The molecule has 1 aliphatic rings. The van der Waals surface area contributed by atoms with Gasteiger partial charge in [-0.1, -0.05) is 26.7 Å². The molecule has 2 N–H and O–H groups in total. The molecule has 0 aliphatic heterocycles. The molecule has 1 fully saturated rings. The Morgan fingerprint density at radius 3 is 2.33 bits per heavy atom. The van der Waals surface area contributed by atoms with Gasteiger partial charge in [-0.3, -0.25) is 4.79 Å². The third kappa shape index (κ3) is 2.31. The normalized spacial score (nSPS) is 21.7. The van der Waals surface area contributed by atoms with Crippen LogP contribution in [-0.2, 0) is 4.79 Å². The lowest BCUT2D eigenvalue weighted by Crippen LogP contribution is -2.39. The van der Waals surface area contributed by atoms with E-state index in [2.05, 4.69) is 0 Å². The summed E-state index contributed by atoms with van der Waals surface area (Å²) in [6.45, 7) is 3.89. The van der Waals surface area contributed by atoms with Crippen LogP contribution in [0.5, 0.6) is 0 Å². The molecule has 0 amide bonds. The van der Waals surface area contributed by atoms with Crippen molar-refractivity contribution < 1.29 is 4.79 Å². The second kappa shape index (κ2) is 3.56. The fraction of sp³-hybridized carbons (Fsp3) is 0.900. The summed E-state index contributed by atoms with van der Waals surface area (Å²) in [6.07, 6.45) is 5.05. The van der Waals surface area contributed by atoms with Crippen molar-refractivity contribution >= 4 is 5.78 Å². The maximum Gasteiger partial charge on any atom is 0.137 e. The van der Waals surface area contributed by atoms with Crippen molar-refractivity contribution in [3.63, 3.8) is 0 Å². The van der Waals surface area contributed by atoms with Crippen LogP contribution in [0.2, 0.25) is 0 Å². The van der Waals surface area contributed by atoms with Gasteiger partial charge < -0.3 is 5.73 Å². The number of rotatable bonds is 3. The van der Waals surface area contributed by atoms with E-state index < -0.39 is 0 Å². The van der Waals surface area contributed by atoms with Crippen LogP contribution in [0.1, 0.15) is 46.0 Å². The summed E-state index contributed by atoms with van der Waals surface area (Å²) in [5.74, 6) is 0.463. The molecule has 0 spiro atoms. The highest BCUT2D eigenvalue weighted by molar-refractivity contribution is 5.81. The fourth-order valence-electron chi connectivity index (χ4n) is 1.81. The number of nitrogens with two attached hydrogens (primary N) is 1. The minimum atomic E-state index is -0.151. The van der Waals surface area contributed by atoms with Crippen molar-refractivity contribution in [1.82, 2.24) is 0 Å². The van der Waals surface area contributed by atoms with Crippen LogP contribution in [-0.4, -0.2) is 11.3 Å². The Labute approximate surface area is 74.5 Å². The van der Waals surface area contributed by atoms with Crippen molar-refractivity contribution in [2.45, 2.75) is 51.5 Å². The molecule has 0 radical (unpaired) electrons. The van der Waals surface area contributed by atoms with Crippen LogP contribution in [0.4, 0.5) is 0 Å². The van der Waals surface area contributed by atoms with Gasteiger partial charge in [0.2, 0.25) is 0 Å². The zero-order valence-corrected chi connectivity index (χ0v) is 8.10. The molecule has 1 rings (SSSR count). The summed E-state index contributed by atoms with van der Waals surface area (Å²) in [5.41, 5.74) is 5.93. The van der Waals surface area contributed by atoms with E-state index in [1.807, 2.05) is 13.8 Å². The monoisotopic (exact) mass is 169 g/mol. The summed E-state index contributed by atoms with van der Waals surface area (Å²) < 4.78 is 0. The highest BCUT2D eigenvalue weighted by atomic mass is 16.1. The van der Waals surface area contributed by atoms with E-state index in [0.717, 1.165) is 12.8 Å². The predicted octanol–water partition coefficient (Wildman–Crippen LogP) is 1.87. The van der Waals surface area contributed by atoms with Gasteiger partial charge in [-0.05, 0) is 12.8 Å². The average Bonchev–Trinajstić information content (AvgIpc) is 2.35. The number of Topliss-reactive ketones (excluding diaryl/α,β-unsaturated/α-hetero) is 1. The highest BCUT2D eigenvalue weighted by Crippen LogP contribution is 2.30. The minimum Gasteiger partial charge on any atom is -0.325 e. The Bertz CT molecular complexity index is 169. The van der Waals surface area contributed by atoms with E-state index in [4.69, 9.17) is 5.73 Å². The lowest BCUT2D eigenvalue weighted by molar-refractivity contribution is -0.123. The van der Waals surface area contributed by atoms with Gasteiger partial charge in [-0.2, -0.15) is 0 Å². The molecule has 2 heteroatoms. The smallest absolute Gasteiger partial charge is 0.137 e. The summed E-state index contributed by atoms with van der Waals surface area (Å²) in [5, 5.41) is 0. The van der Waals surface area contributed by atoms with Gasteiger partial charge in [0.05, 0.1) is 0 Å². The van der Waals surface area contributed by atoms with Gasteiger partial charge in [0, 0.05) is 17.9 Å². The Kier molecular flexibility index (Phi) is 2.89. The van der Waals surface area contributed by atoms with Gasteiger partial charge >= 0.3 is 0 Å². The van der Waals surface area contributed by atoms with Crippen molar-refractivity contribution in [2.24, 2.45) is 11.7 Å². The summed E-state index contributed by atoms with van der Waals surface area (Å²) >= 11 is 0. The molecule has 0 saturated heterocycles. The first-order valence-corrected chi connectivity index (χ1v) is 4.85. The molecule has 0 unspecified atom stereocenters. The van der Waals surface area contributed by atoms with Gasteiger partial charge in [0.15, 0.2) is 0 Å². The van der Waals surface area contributed by atoms with E-state index in [1.54, 1.807) is 0 Å². The number of hydrogen-bond donors (Lipinski definition) is 1. The second-order valence-corrected chi connectivity index (χ2v) is 4.37. The van der Waals surface area contributed by atoms with Crippen LogP contribution in [0.3, 0.4) is 0 Å². The molecule has 0 aromatic heterocycles. The van der Waals surface area contributed by atoms with E-state index in [1.165, 1.54) is 12.8 Å². The quantitative estimate of drug-likeness (QED) is 0.701. The van der Waals surface area contributed by atoms with Crippen molar-refractivity contribution in [1.29, 1.82) is 0 Å². The van der Waals surface area contributed by atoms with Crippen LogP contribution in [0.25, 0.3) is 0 Å². The van der Waals surface area contributed by atoms with Crippen molar-refractivity contribution in [3.05, 3.63) is 0 Å². The minimum absolute atomic E-state index is 0.144. The Morgan fingerprint density at radius 2 is 1.92 bits per heavy atom. The molecule has 0 bridgehead atoms. The molecule has 70 valence electrons. The predicted molar refractivity (Wildman–Crippen MR) is 49.8 cm³/mol. The van der Waals surface area contributed by atoms with Crippen LogP contribution in [0, 0.1) is 5.92 Å². The first-order valence-electron chi connectivity index (χ1n) is 4.85. The molecule has 2 nitrogen and oxygen atoms in total. The van der Waals surface area contributed by atoms with E-state index >= 15 is 0 Å². The SMILES string of the molecule is CC(C)C(=O)CC1(N)CCCC1. The first-order chi connectivity index (χ1) is 5.53. The zero-order chi connectivity index (χ0) is 9.19. The van der Waals surface area contributed by atoms with Crippen molar-refractivity contribution in [2.75, 3.05) is 0 Å². The van der Waals surface area contributed by atoms with Gasteiger partial charge in [0.1, 0.15) is 5.78 Å². The van der Waals surface area contributed by atoms with Gasteiger partial charge in [-0.15, -0.1) is 0 Å². The molecular weight excluding hydrogens is 150 g/mol. The number of ketones is 1. The lowest BCUT2D eigenvalue weighted by Gasteiger charge is -2.23. The molecule has 12 heavy (non-hydrogen) atoms. The molecular formula is C10H19NO. The van der Waals surface area contributed by atoms with Gasteiger partial charge in [0.25, 0.3) is 0 Å². The summed E-state index contributed by atoms with van der Waals surface area (Å²) in [4.78, 5) is 11.4. The Balaban J connectivity index is 2.44. The number of hydrogen-bond acceptors (Lipinski definition) is 2. The fourth-order valence-corrected chi connectivity index (χ4v) is 1.81. The maximum atomic E-state index is 11.4. The molecule has 1 aliphatic carbocycles. The zero-order valence-electron chi connectivity index (χ0n) is 8.10. The van der Waals surface area contributed by atoms with E-state index in [0.29, 0.717) is 12.2 Å². The Hall–Kier alpha value is -0.370. The van der Waals surface area contributed by atoms with Crippen LogP contribution >= 0.6 is 0 Å². The van der Waals surface area contributed by atoms with Crippen molar-refractivity contribution in [3.8, 4) is 0 Å². The molecule has 1 saturated carbocycles. The third-order valence-electron chi connectivity index (χ3n) is 2.77. The second-order valence-electron chi connectivity index (χ2n) is 4.37. The number of carbonyl (C=O) groups excluding carboxylic acids is 1. The van der Waals surface area contributed by atoms with E-state index in [-0.39, 0.29) is 11.5 Å².